The molecule has 0 N–H and O–H groups in total. The normalized spacial score (nSPS) is 15.1. The first-order chi connectivity index (χ1) is 17.0. The molecule has 0 bridgehead atoms. The predicted octanol–water partition coefficient (Wildman–Crippen LogP) is 5.03. The third kappa shape index (κ3) is 3.45. The van der Waals surface area contributed by atoms with E-state index in [-0.39, 0.29) is 22.3 Å². The maximum atomic E-state index is 14.0. The number of benzene rings is 4. The molecule has 0 atom stereocenters. The van der Waals surface area contributed by atoms with E-state index in [2.05, 4.69) is 0 Å². The fourth-order valence-corrected chi connectivity index (χ4v) is 4.41. The molecule has 1 heterocycles. The number of ketones is 4. The summed E-state index contributed by atoms with van der Waals surface area (Å²) in [5.74, 6) is -2.94. The van der Waals surface area contributed by atoms with Crippen LogP contribution in [0.5, 0.6) is 0 Å². The van der Waals surface area contributed by atoms with E-state index in [9.17, 15) is 19.2 Å². The van der Waals surface area contributed by atoms with Crippen LogP contribution >= 0.6 is 0 Å². The summed E-state index contributed by atoms with van der Waals surface area (Å²) < 4.78 is 5.96. The van der Waals surface area contributed by atoms with Crippen molar-refractivity contribution in [2.75, 3.05) is 0 Å². The fraction of sp³-hybridized carbons (Fsp3) is 0.0667. The van der Waals surface area contributed by atoms with Gasteiger partial charge in [0.25, 0.3) is 0 Å². The second-order valence-corrected chi connectivity index (χ2v) is 8.25. The Bertz CT molecular complexity index is 1200. The first-order valence-electron chi connectivity index (χ1n) is 11.1. The standard InChI is InChI=1S/C30H20O5/c31-25(21-13-5-1-6-14-21)29(26(32)22-15-7-2-8-16-22)30(35-29,27(33)23-17-9-3-10-18-23)28(34)24-19-11-4-12-20-24/h1-20H. The Labute approximate surface area is 202 Å². The van der Waals surface area contributed by atoms with Crippen molar-refractivity contribution in [3.8, 4) is 0 Å². The van der Waals surface area contributed by atoms with Gasteiger partial charge in [0.15, 0.2) is 0 Å². The van der Waals surface area contributed by atoms with Crippen LogP contribution in [0.25, 0.3) is 0 Å². The predicted molar refractivity (Wildman–Crippen MR) is 130 cm³/mol. The summed E-state index contributed by atoms with van der Waals surface area (Å²) in [6, 6.07) is 32.4. The summed E-state index contributed by atoms with van der Waals surface area (Å²) in [7, 11) is 0. The second kappa shape index (κ2) is 8.70. The van der Waals surface area contributed by atoms with Gasteiger partial charge in [0.05, 0.1) is 0 Å². The van der Waals surface area contributed by atoms with E-state index < -0.39 is 34.3 Å². The highest BCUT2D eigenvalue weighted by Crippen LogP contribution is 2.55. The quantitative estimate of drug-likeness (QED) is 0.209. The van der Waals surface area contributed by atoms with Crippen molar-refractivity contribution in [1.82, 2.24) is 0 Å². The third-order valence-electron chi connectivity index (χ3n) is 6.18. The van der Waals surface area contributed by atoms with Crippen LogP contribution in [0, 0.1) is 0 Å². The van der Waals surface area contributed by atoms with E-state index in [0.717, 1.165) is 0 Å². The SMILES string of the molecule is O=C(c1ccccc1)C1(C(=O)c2ccccc2)OC1(C(=O)c1ccccc1)C(=O)c1ccccc1. The average Bonchev–Trinajstić information content (AvgIpc) is 3.65. The zero-order chi connectivity index (χ0) is 24.5. The van der Waals surface area contributed by atoms with Crippen molar-refractivity contribution in [2.45, 2.75) is 11.2 Å². The highest BCUT2D eigenvalue weighted by Gasteiger charge is 2.85. The van der Waals surface area contributed by atoms with Crippen LogP contribution < -0.4 is 0 Å². The molecule has 5 nitrogen and oxygen atoms in total. The van der Waals surface area contributed by atoms with Gasteiger partial charge in [-0.05, 0) is 0 Å². The highest BCUT2D eigenvalue weighted by molar-refractivity contribution is 6.40. The molecule has 1 fully saturated rings. The minimum Gasteiger partial charge on any atom is -0.328 e. The Hall–Kier alpha value is -4.48. The summed E-state index contributed by atoms with van der Waals surface area (Å²) >= 11 is 0. The van der Waals surface area contributed by atoms with Gasteiger partial charge in [-0.3, -0.25) is 19.2 Å². The van der Waals surface area contributed by atoms with E-state index in [1.54, 1.807) is 72.8 Å². The van der Waals surface area contributed by atoms with Crippen LogP contribution in [0.4, 0.5) is 0 Å². The summed E-state index contributed by atoms with van der Waals surface area (Å²) in [6.45, 7) is 0. The van der Waals surface area contributed by atoms with Crippen LogP contribution in [0.15, 0.2) is 121 Å². The summed E-state index contributed by atoms with van der Waals surface area (Å²) in [6.07, 6.45) is 0. The Morgan fingerprint density at radius 1 is 0.371 bits per heavy atom. The Kier molecular flexibility index (Phi) is 5.55. The lowest BCUT2D eigenvalue weighted by atomic mass is 9.73. The smallest absolute Gasteiger partial charge is 0.239 e. The van der Waals surface area contributed by atoms with Crippen molar-refractivity contribution in [2.24, 2.45) is 0 Å². The Morgan fingerprint density at radius 2 is 0.571 bits per heavy atom. The van der Waals surface area contributed by atoms with Gasteiger partial charge < -0.3 is 4.74 Å². The van der Waals surface area contributed by atoms with Crippen LogP contribution in [0.2, 0.25) is 0 Å². The largest absolute Gasteiger partial charge is 0.328 e. The van der Waals surface area contributed by atoms with Gasteiger partial charge in [0.1, 0.15) is 0 Å². The minimum absolute atomic E-state index is 0.167. The molecule has 35 heavy (non-hydrogen) atoms. The molecule has 170 valence electrons. The molecule has 4 aromatic carbocycles. The van der Waals surface area contributed by atoms with E-state index in [4.69, 9.17) is 4.74 Å². The fourth-order valence-electron chi connectivity index (χ4n) is 4.41. The molecule has 4 aromatic rings. The molecule has 0 aromatic heterocycles. The molecule has 5 heteroatoms. The lowest BCUT2D eigenvalue weighted by molar-refractivity contribution is 0.0736. The molecule has 0 radical (unpaired) electrons. The molecule has 0 aliphatic carbocycles. The topological polar surface area (TPSA) is 80.8 Å². The second-order valence-electron chi connectivity index (χ2n) is 8.25. The number of hydrogen-bond acceptors (Lipinski definition) is 5. The maximum Gasteiger partial charge on any atom is 0.239 e. The Morgan fingerprint density at radius 3 is 0.771 bits per heavy atom. The van der Waals surface area contributed by atoms with Crippen LogP contribution in [0.3, 0.4) is 0 Å². The number of rotatable bonds is 8. The van der Waals surface area contributed by atoms with Gasteiger partial charge in [0, 0.05) is 22.3 Å². The molecule has 1 aliphatic rings. The third-order valence-corrected chi connectivity index (χ3v) is 6.18. The number of Topliss-reactive ketones (excluding diaryl/α,β-unsaturated/α-hetero) is 4. The molecular formula is C30H20O5. The average molecular weight is 460 g/mol. The summed E-state index contributed by atoms with van der Waals surface area (Å²) in [5.41, 5.74) is -4.01. The molecule has 0 amide bonds. The van der Waals surface area contributed by atoms with Crippen molar-refractivity contribution in [3.05, 3.63) is 144 Å². The monoisotopic (exact) mass is 460 g/mol. The molecule has 0 spiro atoms. The molecular weight excluding hydrogens is 440 g/mol. The van der Waals surface area contributed by atoms with Crippen molar-refractivity contribution < 1.29 is 23.9 Å². The van der Waals surface area contributed by atoms with Crippen molar-refractivity contribution in [1.29, 1.82) is 0 Å². The zero-order valence-corrected chi connectivity index (χ0v) is 18.6. The molecule has 1 aliphatic heterocycles. The molecule has 5 rings (SSSR count). The van der Waals surface area contributed by atoms with Crippen molar-refractivity contribution >= 4 is 23.1 Å². The van der Waals surface area contributed by atoms with Gasteiger partial charge in [-0.2, -0.15) is 0 Å². The number of carbonyl (C=O) groups is 4. The van der Waals surface area contributed by atoms with E-state index in [1.165, 1.54) is 48.5 Å². The van der Waals surface area contributed by atoms with E-state index in [1.807, 2.05) is 0 Å². The lowest BCUT2D eigenvalue weighted by Gasteiger charge is -2.18. The van der Waals surface area contributed by atoms with Gasteiger partial charge in [-0.25, -0.2) is 0 Å². The Balaban J connectivity index is 1.75. The number of epoxide rings is 1. The first kappa shape index (κ1) is 22.3. The van der Waals surface area contributed by atoms with E-state index in [0.29, 0.717) is 0 Å². The number of ether oxygens (including phenoxy) is 1. The summed E-state index contributed by atoms with van der Waals surface area (Å²) in [4.78, 5) is 55.9. The molecule has 1 saturated heterocycles. The van der Waals surface area contributed by atoms with Crippen LogP contribution in [0.1, 0.15) is 41.4 Å². The zero-order valence-electron chi connectivity index (χ0n) is 18.6. The van der Waals surface area contributed by atoms with E-state index >= 15 is 0 Å². The number of hydrogen-bond donors (Lipinski definition) is 0. The van der Waals surface area contributed by atoms with Crippen molar-refractivity contribution in [3.63, 3.8) is 0 Å². The van der Waals surface area contributed by atoms with Gasteiger partial charge >= 0.3 is 0 Å². The highest BCUT2D eigenvalue weighted by atomic mass is 16.6. The van der Waals surface area contributed by atoms with Crippen LogP contribution in [-0.2, 0) is 4.74 Å². The number of carbonyl (C=O) groups excluding carboxylic acids is 4. The van der Waals surface area contributed by atoms with Gasteiger partial charge in [-0.15, -0.1) is 0 Å². The maximum absolute atomic E-state index is 14.0. The van der Waals surface area contributed by atoms with Crippen LogP contribution in [-0.4, -0.2) is 34.3 Å². The first-order valence-corrected chi connectivity index (χ1v) is 11.1. The minimum atomic E-state index is -2.34. The molecule has 0 unspecified atom stereocenters. The van der Waals surface area contributed by atoms with Gasteiger partial charge in [-0.1, -0.05) is 121 Å². The lowest BCUT2D eigenvalue weighted by Crippen LogP contribution is -2.50. The summed E-state index contributed by atoms with van der Waals surface area (Å²) in [5, 5.41) is 0. The molecule has 0 saturated carbocycles. The van der Waals surface area contributed by atoms with Gasteiger partial charge in [0.2, 0.25) is 34.3 Å².